The first kappa shape index (κ1) is 13.6. The van der Waals surface area contributed by atoms with Crippen molar-refractivity contribution < 1.29 is 0 Å². The molecular weight excluding hydrogens is 310 g/mol. The highest BCUT2D eigenvalue weighted by atomic mass is 32.1. The first-order chi connectivity index (χ1) is 11.9. The summed E-state index contributed by atoms with van der Waals surface area (Å²) in [5.74, 6) is 0. The fourth-order valence-corrected chi connectivity index (χ4v) is 4.57. The van der Waals surface area contributed by atoms with E-state index in [4.69, 9.17) is 0 Å². The van der Waals surface area contributed by atoms with Gasteiger partial charge in [-0.25, -0.2) is 0 Å². The Morgan fingerprint density at radius 2 is 1.17 bits per heavy atom. The van der Waals surface area contributed by atoms with E-state index in [1.807, 2.05) is 11.3 Å². The molecule has 2 aromatic heterocycles. The van der Waals surface area contributed by atoms with Crippen molar-refractivity contribution in [2.75, 3.05) is 0 Å². The molecule has 0 aliphatic rings. The molecule has 2 heteroatoms. The van der Waals surface area contributed by atoms with Crippen LogP contribution in [0.1, 0.15) is 0 Å². The predicted octanol–water partition coefficient (Wildman–Crippen LogP) is 6.72. The second-order valence-corrected chi connectivity index (χ2v) is 6.96. The van der Waals surface area contributed by atoms with Crippen molar-refractivity contribution >= 4 is 31.5 Å². The number of aromatic nitrogens is 1. The predicted molar refractivity (Wildman–Crippen MR) is 105 cm³/mol. The Labute approximate surface area is 144 Å². The van der Waals surface area contributed by atoms with Crippen LogP contribution in [0.5, 0.6) is 0 Å². The van der Waals surface area contributed by atoms with E-state index in [0.29, 0.717) is 0 Å². The summed E-state index contributed by atoms with van der Waals surface area (Å²) >= 11 is 1.87. The summed E-state index contributed by atoms with van der Waals surface area (Å²) in [7, 11) is 0. The molecule has 114 valence electrons. The Hall–Kier alpha value is -2.84. The van der Waals surface area contributed by atoms with Crippen LogP contribution in [0.2, 0.25) is 0 Å². The third-order valence-electron chi connectivity index (χ3n) is 4.45. The molecule has 0 spiro atoms. The number of thiophene rings is 1. The molecule has 0 saturated heterocycles. The van der Waals surface area contributed by atoms with Gasteiger partial charge in [-0.3, -0.25) is 0 Å². The van der Waals surface area contributed by atoms with Gasteiger partial charge in [0.25, 0.3) is 0 Å². The van der Waals surface area contributed by atoms with Gasteiger partial charge in [0.05, 0.1) is 16.1 Å². The molecule has 0 amide bonds. The number of benzene rings is 3. The molecule has 2 heterocycles. The second kappa shape index (κ2) is 5.36. The SMILES string of the molecule is c1ccc(-c2[nH]c(-c3ccccc3)c3c2sc2ccccc23)cc1. The lowest BCUT2D eigenvalue weighted by Crippen LogP contribution is -1.80. The molecule has 24 heavy (non-hydrogen) atoms. The third kappa shape index (κ3) is 2.00. The van der Waals surface area contributed by atoms with E-state index in [1.54, 1.807) is 0 Å². The van der Waals surface area contributed by atoms with Crippen molar-refractivity contribution in [3.8, 4) is 22.5 Å². The molecule has 0 unspecified atom stereocenters. The van der Waals surface area contributed by atoms with E-state index in [-0.39, 0.29) is 0 Å². The Kier molecular flexibility index (Phi) is 3.03. The van der Waals surface area contributed by atoms with Crippen molar-refractivity contribution in [1.29, 1.82) is 0 Å². The number of rotatable bonds is 2. The van der Waals surface area contributed by atoms with E-state index in [9.17, 15) is 0 Å². The molecular formula is C22H15NS. The molecule has 0 bridgehead atoms. The summed E-state index contributed by atoms with van der Waals surface area (Å²) in [6.07, 6.45) is 0. The van der Waals surface area contributed by atoms with Crippen LogP contribution in [0.4, 0.5) is 0 Å². The van der Waals surface area contributed by atoms with E-state index < -0.39 is 0 Å². The minimum atomic E-state index is 1.21. The normalized spacial score (nSPS) is 11.3. The highest BCUT2D eigenvalue weighted by Crippen LogP contribution is 2.44. The van der Waals surface area contributed by atoms with Crippen LogP contribution in [-0.2, 0) is 0 Å². The molecule has 3 aromatic carbocycles. The molecule has 0 saturated carbocycles. The smallest absolute Gasteiger partial charge is 0.0640 e. The van der Waals surface area contributed by atoms with Gasteiger partial charge in [0.1, 0.15) is 0 Å². The van der Waals surface area contributed by atoms with Gasteiger partial charge in [0.15, 0.2) is 0 Å². The zero-order chi connectivity index (χ0) is 15.9. The Balaban J connectivity index is 1.92. The van der Waals surface area contributed by atoms with Gasteiger partial charge in [-0.2, -0.15) is 0 Å². The van der Waals surface area contributed by atoms with Crippen LogP contribution in [-0.4, -0.2) is 4.98 Å². The fraction of sp³-hybridized carbons (Fsp3) is 0. The molecule has 0 aliphatic heterocycles. The summed E-state index contributed by atoms with van der Waals surface area (Å²) in [6.45, 7) is 0. The van der Waals surface area contributed by atoms with Crippen LogP contribution < -0.4 is 0 Å². The minimum Gasteiger partial charge on any atom is -0.353 e. The second-order valence-electron chi connectivity index (χ2n) is 5.91. The van der Waals surface area contributed by atoms with Gasteiger partial charge >= 0.3 is 0 Å². The molecule has 0 radical (unpaired) electrons. The Morgan fingerprint density at radius 3 is 1.88 bits per heavy atom. The number of aromatic amines is 1. The highest BCUT2D eigenvalue weighted by molar-refractivity contribution is 7.26. The maximum absolute atomic E-state index is 3.70. The maximum atomic E-state index is 3.70. The summed E-state index contributed by atoms with van der Waals surface area (Å²) in [4.78, 5) is 3.70. The number of hydrogen-bond donors (Lipinski definition) is 1. The van der Waals surface area contributed by atoms with E-state index >= 15 is 0 Å². The Morgan fingerprint density at radius 1 is 0.583 bits per heavy atom. The van der Waals surface area contributed by atoms with E-state index in [2.05, 4.69) is 89.9 Å². The van der Waals surface area contributed by atoms with Crippen molar-refractivity contribution in [3.63, 3.8) is 0 Å². The lowest BCUT2D eigenvalue weighted by Gasteiger charge is -2.01. The lowest BCUT2D eigenvalue weighted by molar-refractivity contribution is 1.40. The van der Waals surface area contributed by atoms with Crippen molar-refractivity contribution in [2.24, 2.45) is 0 Å². The van der Waals surface area contributed by atoms with Gasteiger partial charge in [0.2, 0.25) is 0 Å². The zero-order valence-corrected chi connectivity index (χ0v) is 13.8. The van der Waals surface area contributed by atoms with Crippen molar-refractivity contribution in [1.82, 2.24) is 4.98 Å². The van der Waals surface area contributed by atoms with Crippen LogP contribution in [0.25, 0.3) is 42.7 Å². The number of H-pyrrole nitrogens is 1. The van der Waals surface area contributed by atoms with Gasteiger partial charge in [-0.15, -0.1) is 11.3 Å². The monoisotopic (exact) mass is 325 g/mol. The first-order valence-electron chi connectivity index (χ1n) is 8.06. The van der Waals surface area contributed by atoms with Crippen molar-refractivity contribution in [2.45, 2.75) is 0 Å². The van der Waals surface area contributed by atoms with E-state index in [0.717, 1.165) is 0 Å². The fourth-order valence-electron chi connectivity index (χ4n) is 3.34. The van der Waals surface area contributed by atoms with Crippen LogP contribution in [0, 0.1) is 0 Å². The number of fused-ring (bicyclic) bond motifs is 3. The summed E-state index contributed by atoms with van der Waals surface area (Å²) < 4.78 is 2.67. The van der Waals surface area contributed by atoms with Gasteiger partial charge in [-0.05, 0) is 17.2 Å². The third-order valence-corrected chi connectivity index (χ3v) is 5.64. The first-order valence-corrected chi connectivity index (χ1v) is 8.87. The van der Waals surface area contributed by atoms with Crippen LogP contribution in [0.3, 0.4) is 0 Å². The standard InChI is InChI=1S/C22H15NS/c1-3-9-15(10-4-1)20-19-17-13-7-8-14-18(17)24-22(19)21(23-20)16-11-5-2-6-12-16/h1-14,23H. The number of nitrogens with one attached hydrogen (secondary N) is 1. The topological polar surface area (TPSA) is 15.8 Å². The summed E-state index contributed by atoms with van der Waals surface area (Å²) in [5.41, 5.74) is 4.89. The maximum Gasteiger partial charge on any atom is 0.0640 e. The molecule has 1 N–H and O–H groups in total. The van der Waals surface area contributed by atoms with Gasteiger partial charge < -0.3 is 4.98 Å². The summed E-state index contributed by atoms with van der Waals surface area (Å²) in [6, 6.07) is 29.9. The summed E-state index contributed by atoms with van der Waals surface area (Å²) in [5, 5.41) is 2.66. The quantitative estimate of drug-likeness (QED) is 0.371. The largest absolute Gasteiger partial charge is 0.353 e. The molecule has 0 aliphatic carbocycles. The molecule has 0 fully saturated rings. The molecule has 1 nitrogen and oxygen atoms in total. The Bertz CT molecular complexity index is 1130. The minimum absolute atomic E-state index is 1.21. The number of hydrogen-bond acceptors (Lipinski definition) is 1. The lowest BCUT2D eigenvalue weighted by atomic mass is 10.1. The average Bonchev–Trinajstić information content (AvgIpc) is 3.20. The van der Waals surface area contributed by atoms with Crippen LogP contribution in [0.15, 0.2) is 84.9 Å². The zero-order valence-electron chi connectivity index (χ0n) is 13.0. The van der Waals surface area contributed by atoms with Gasteiger partial charge in [0, 0.05) is 15.5 Å². The van der Waals surface area contributed by atoms with Crippen LogP contribution >= 0.6 is 11.3 Å². The van der Waals surface area contributed by atoms with E-state index in [1.165, 1.54) is 42.7 Å². The molecule has 5 aromatic rings. The van der Waals surface area contributed by atoms with Crippen molar-refractivity contribution in [3.05, 3.63) is 84.9 Å². The average molecular weight is 325 g/mol. The van der Waals surface area contributed by atoms with Gasteiger partial charge in [-0.1, -0.05) is 78.9 Å². The molecule has 5 rings (SSSR count). The molecule has 0 atom stereocenters. The highest BCUT2D eigenvalue weighted by Gasteiger charge is 2.18.